The van der Waals surface area contributed by atoms with Gasteiger partial charge in [0.15, 0.2) is 5.78 Å². The average Bonchev–Trinajstić information content (AvgIpc) is 2.39. The van der Waals surface area contributed by atoms with Gasteiger partial charge in [-0.25, -0.2) is 9.97 Å². The number of hydrogen-bond donors (Lipinski definition) is 0. The molecule has 0 N–H and O–H groups in total. The first-order valence-electron chi connectivity index (χ1n) is 5.20. The van der Waals surface area contributed by atoms with Crippen LogP contribution in [0.4, 0.5) is 0 Å². The lowest BCUT2D eigenvalue weighted by Crippen LogP contribution is -1.95. The van der Waals surface area contributed by atoms with Gasteiger partial charge in [-0.3, -0.25) is 4.79 Å². The number of Topliss-reactive ketones (excluding diaryl/α,β-unsaturated/α-hetero) is 1. The van der Waals surface area contributed by atoms with Crippen molar-refractivity contribution < 1.29 is 4.79 Å². The van der Waals surface area contributed by atoms with Gasteiger partial charge in [0.25, 0.3) is 0 Å². The molecule has 2 rings (SSSR count). The summed E-state index contributed by atoms with van der Waals surface area (Å²) in [6.07, 6.45) is 5.54. The van der Waals surface area contributed by atoms with E-state index in [-0.39, 0.29) is 5.78 Å². The lowest BCUT2D eigenvalue weighted by molar-refractivity contribution is 0.0988. The Kier molecular flexibility index (Phi) is 3.05. The summed E-state index contributed by atoms with van der Waals surface area (Å²) in [5.74, 6) is 0.163. The van der Waals surface area contributed by atoms with Crippen LogP contribution >= 0.6 is 0 Å². The first-order chi connectivity index (χ1) is 7.81. The summed E-state index contributed by atoms with van der Waals surface area (Å²) in [6, 6.07) is 7.52. The maximum Gasteiger partial charge on any atom is 0.162 e. The van der Waals surface area contributed by atoms with E-state index >= 15 is 0 Å². The van der Waals surface area contributed by atoms with E-state index in [1.807, 2.05) is 31.2 Å². The van der Waals surface area contributed by atoms with E-state index in [1.165, 1.54) is 6.33 Å². The fourth-order valence-corrected chi connectivity index (χ4v) is 1.50. The van der Waals surface area contributed by atoms with Crippen LogP contribution in [0.2, 0.25) is 0 Å². The van der Waals surface area contributed by atoms with Gasteiger partial charge in [0.2, 0.25) is 0 Å². The van der Waals surface area contributed by atoms with Crippen molar-refractivity contribution in [1.82, 2.24) is 9.97 Å². The molecule has 0 atom stereocenters. The molecule has 0 saturated heterocycles. The normalized spacial score (nSPS) is 10.1. The highest BCUT2D eigenvalue weighted by Crippen LogP contribution is 2.18. The molecular formula is C13H12N2O. The number of rotatable bonds is 3. The van der Waals surface area contributed by atoms with Gasteiger partial charge in [0.05, 0.1) is 0 Å². The van der Waals surface area contributed by atoms with E-state index in [0.717, 1.165) is 16.7 Å². The maximum atomic E-state index is 11.4. The van der Waals surface area contributed by atoms with Crippen molar-refractivity contribution in [3.8, 4) is 11.1 Å². The summed E-state index contributed by atoms with van der Waals surface area (Å²) < 4.78 is 0. The molecule has 0 spiro atoms. The molecule has 16 heavy (non-hydrogen) atoms. The zero-order valence-corrected chi connectivity index (χ0v) is 9.05. The number of nitrogens with zero attached hydrogens (tertiary/aromatic N) is 2. The highest BCUT2D eigenvalue weighted by atomic mass is 16.1. The summed E-state index contributed by atoms with van der Waals surface area (Å²) in [6.45, 7) is 1.86. The predicted molar refractivity (Wildman–Crippen MR) is 62.1 cm³/mol. The molecule has 0 saturated carbocycles. The first-order valence-corrected chi connectivity index (χ1v) is 5.20. The molecule has 1 heterocycles. The highest BCUT2D eigenvalue weighted by molar-refractivity contribution is 5.96. The lowest BCUT2D eigenvalue weighted by Gasteiger charge is -2.01. The highest BCUT2D eigenvalue weighted by Gasteiger charge is 2.03. The number of ketones is 1. The Balaban J connectivity index is 2.30. The van der Waals surface area contributed by atoms with Crippen molar-refractivity contribution in [2.75, 3.05) is 0 Å². The second kappa shape index (κ2) is 4.66. The van der Waals surface area contributed by atoms with Gasteiger partial charge in [-0.15, -0.1) is 0 Å². The standard InChI is InChI=1S/C13H12N2O/c1-2-13(16)11-5-3-10(4-6-11)12-7-14-9-15-8-12/h3-9H,2H2,1H3. The zero-order chi connectivity index (χ0) is 11.4. The minimum absolute atomic E-state index is 0.163. The van der Waals surface area contributed by atoms with E-state index in [0.29, 0.717) is 6.42 Å². The summed E-state index contributed by atoms with van der Waals surface area (Å²) in [4.78, 5) is 19.3. The molecular weight excluding hydrogens is 200 g/mol. The van der Waals surface area contributed by atoms with Crippen LogP contribution in [0.25, 0.3) is 11.1 Å². The summed E-state index contributed by atoms with van der Waals surface area (Å²) in [7, 11) is 0. The number of carbonyl (C=O) groups excluding carboxylic acids is 1. The van der Waals surface area contributed by atoms with Gasteiger partial charge in [-0.2, -0.15) is 0 Å². The Morgan fingerprint density at radius 3 is 2.25 bits per heavy atom. The van der Waals surface area contributed by atoms with Crippen LogP contribution in [-0.4, -0.2) is 15.8 Å². The van der Waals surface area contributed by atoms with Gasteiger partial charge >= 0.3 is 0 Å². The molecule has 80 valence electrons. The Morgan fingerprint density at radius 2 is 1.69 bits per heavy atom. The lowest BCUT2D eigenvalue weighted by atomic mass is 10.0. The second-order valence-electron chi connectivity index (χ2n) is 3.48. The van der Waals surface area contributed by atoms with Crippen LogP contribution in [0, 0.1) is 0 Å². The minimum Gasteiger partial charge on any atom is -0.294 e. The van der Waals surface area contributed by atoms with Crippen LogP contribution in [-0.2, 0) is 0 Å². The van der Waals surface area contributed by atoms with Crippen molar-refractivity contribution in [3.63, 3.8) is 0 Å². The average molecular weight is 212 g/mol. The van der Waals surface area contributed by atoms with E-state index in [9.17, 15) is 4.79 Å². The number of benzene rings is 1. The number of carbonyl (C=O) groups is 1. The van der Waals surface area contributed by atoms with Gasteiger partial charge in [-0.1, -0.05) is 31.2 Å². The fraction of sp³-hybridized carbons (Fsp3) is 0.154. The summed E-state index contributed by atoms with van der Waals surface area (Å²) >= 11 is 0. The summed E-state index contributed by atoms with van der Waals surface area (Å²) in [5, 5.41) is 0. The molecule has 3 nitrogen and oxygen atoms in total. The van der Waals surface area contributed by atoms with Crippen LogP contribution in [0.5, 0.6) is 0 Å². The molecule has 3 heteroatoms. The van der Waals surface area contributed by atoms with Crippen molar-refractivity contribution >= 4 is 5.78 Å². The van der Waals surface area contributed by atoms with Crippen molar-refractivity contribution in [2.45, 2.75) is 13.3 Å². The molecule has 1 aromatic carbocycles. The molecule has 0 radical (unpaired) electrons. The van der Waals surface area contributed by atoms with Crippen LogP contribution in [0.1, 0.15) is 23.7 Å². The van der Waals surface area contributed by atoms with Crippen molar-refractivity contribution in [1.29, 1.82) is 0 Å². The number of aromatic nitrogens is 2. The Labute approximate surface area is 94.2 Å². The van der Waals surface area contributed by atoms with E-state index in [4.69, 9.17) is 0 Å². The van der Waals surface area contributed by atoms with Gasteiger partial charge in [-0.05, 0) is 5.56 Å². The Bertz CT molecular complexity index is 477. The van der Waals surface area contributed by atoms with E-state index in [1.54, 1.807) is 12.4 Å². The third-order valence-corrected chi connectivity index (χ3v) is 2.42. The van der Waals surface area contributed by atoms with Crippen molar-refractivity contribution in [2.24, 2.45) is 0 Å². The smallest absolute Gasteiger partial charge is 0.162 e. The quantitative estimate of drug-likeness (QED) is 0.735. The second-order valence-corrected chi connectivity index (χ2v) is 3.48. The molecule has 0 unspecified atom stereocenters. The fourth-order valence-electron chi connectivity index (χ4n) is 1.50. The topological polar surface area (TPSA) is 42.9 Å². The Morgan fingerprint density at radius 1 is 1.06 bits per heavy atom. The monoisotopic (exact) mass is 212 g/mol. The molecule has 0 amide bonds. The first kappa shape index (κ1) is 10.5. The molecule has 0 fully saturated rings. The maximum absolute atomic E-state index is 11.4. The van der Waals surface area contributed by atoms with Crippen LogP contribution in [0.3, 0.4) is 0 Å². The number of hydrogen-bond acceptors (Lipinski definition) is 3. The SMILES string of the molecule is CCC(=O)c1ccc(-c2cncnc2)cc1. The van der Waals surface area contributed by atoms with E-state index in [2.05, 4.69) is 9.97 Å². The van der Waals surface area contributed by atoms with Crippen molar-refractivity contribution in [3.05, 3.63) is 48.5 Å². The van der Waals surface area contributed by atoms with Gasteiger partial charge in [0.1, 0.15) is 6.33 Å². The van der Waals surface area contributed by atoms with Gasteiger partial charge < -0.3 is 0 Å². The third-order valence-electron chi connectivity index (χ3n) is 2.42. The molecule has 0 aliphatic heterocycles. The molecule has 1 aromatic heterocycles. The van der Waals surface area contributed by atoms with Crippen LogP contribution < -0.4 is 0 Å². The van der Waals surface area contributed by atoms with Gasteiger partial charge in [0, 0.05) is 29.9 Å². The predicted octanol–water partition coefficient (Wildman–Crippen LogP) is 2.74. The molecule has 0 aliphatic carbocycles. The van der Waals surface area contributed by atoms with Crippen LogP contribution in [0.15, 0.2) is 43.0 Å². The molecule has 2 aromatic rings. The third kappa shape index (κ3) is 2.14. The minimum atomic E-state index is 0.163. The zero-order valence-electron chi connectivity index (χ0n) is 9.05. The van der Waals surface area contributed by atoms with E-state index < -0.39 is 0 Å². The Hall–Kier alpha value is -2.03. The summed E-state index contributed by atoms with van der Waals surface area (Å²) in [5.41, 5.74) is 2.73. The molecule has 0 bridgehead atoms. The molecule has 0 aliphatic rings. The largest absolute Gasteiger partial charge is 0.294 e.